The summed E-state index contributed by atoms with van der Waals surface area (Å²) < 4.78 is 0. The summed E-state index contributed by atoms with van der Waals surface area (Å²) in [5.74, 6) is 1.23. The Balaban J connectivity index is 1.95. The highest BCUT2D eigenvalue weighted by Gasteiger charge is 2.18. The molecule has 0 aromatic carbocycles. The van der Waals surface area contributed by atoms with E-state index in [0.717, 1.165) is 19.5 Å². The van der Waals surface area contributed by atoms with E-state index in [4.69, 9.17) is 5.73 Å². The Morgan fingerprint density at radius 2 is 1.76 bits per heavy atom. The second kappa shape index (κ2) is 11.8. The Bertz CT molecular complexity index is 308. The fraction of sp³-hybridized carbons (Fsp3) is 0.833. The molecule has 1 heterocycles. The van der Waals surface area contributed by atoms with Gasteiger partial charge in [0.2, 0.25) is 0 Å². The molecule has 21 heavy (non-hydrogen) atoms. The molecule has 1 atom stereocenters. The van der Waals surface area contributed by atoms with Crippen molar-refractivity contribution in [2.45, 2.75) is 84.2 Å². The lowest BCUT2D eigenvalue weighted by Gasteiger charge is -2.24. The van der Waals surface area contributed by atoms with Gasteiger partial charge in [0.15, 0.2) is 0 Å². The molecule has 3 nitrogen and oxygen atoms in total. The van der Waals surface area contributed by atoms with Crippen molar-refractivity contribution < 1.29 is 0 Å². The maximum atomic E-state index is 5.95. The molecule has 1 unspecified atom stereocenters. The number of unbranched alkanes of at least 4 members (excludes halogenated alkanes) is 7. The highest BCUT2D eigenvalue weighted by Crippen LogP contribution is 2.12. The number of aliphatic imine (C=N–C) groups is 1. The Morgan fingerprint density at radius 3 is 2.43 bits per heavy atom. The summed E-state index contributed by atoms with van der Waals surface area (Å²) >= 11 is 0. The predicted octanol–water partition coefficient (Wildman–Crippen LogP) is 4.48. The third kappa shape index (κ3) is 8.25. The van der Waals surface area contributed by atoms with Crippen LogP contribution in [0, 0.1) is 0 Å². The van der Waals surface area contributed by atoms with E-state index in [1.165, 1.54) is 63.6 Å². The Kier molecular flexibility index (Phi) is 10.2. The van der Waals surface area contributed by atoms with Crippen molar-refractivity contribution in [2.75, 3.05) is 13.1 Å². The minimum Gasteiger partial charge on any atom is -0.343 e. The second-order valence-corrected chi connectivity index (χ2v) is 6.15. The molecule has 1 rings (SSSR count). The van der Waals surface area contributed by atoms with E-state index in [2.05, 4.69) is 29.0 Å². The van der Waals surface area contributed by atoms with Crippen molar-refractivity contribution in [2.24, 2.45) is 10.7 Å². The lowest BCUT2D eigenvalue weighted by molar-refractivity contribution is 0.359. The predicted molar refractivity (Wildman–Crippen MR) is 93.6 cm³/mol. The van der Waals surface area contributed by atoms with E-state index in [1.54, 1.807) is 0 Å². The first-order valence-electron chi connectivity index (χ1n) is 8.96. The van der Waals surface area contributed by atoms with E-state index < -0.39 is 0 Å². The second-order valence-electron chi connectivity index (χ2n) is 6.15. The normalized spacial score (nSPS) is 16.7. The number of rotatable bonds is 12. The zero-order valence-electron chi connectivity index (χ0n) is 14.2. The Hall–Kier alpha value is -0.830. The van der Waals surface area contributed by atoms with Gasteiger partial charge >= 0.3 is 0 Å². The minimum atomic E-state index is 0.110. The van der Waals surface area contributed by atoms with Gasteiger partial charge in [-0.05, 0) is 39.0 Å². The van der Waals surface area contributed by atoms with E-state index in [-0.39, 0.29) is 6.17 Å². The zero-order valence-corrected chi connectivity index (χ0v) is 14.2. The molecule has 0 saturated carbocycles. The van der Waals surface area contributed by atoms with Crippen molar-refractivity contribution in [1.29, 1.82) is 0 Å². The quantitative estimate of drug-likeness (QED) is 0.426. The molecular formula is C18H35N3. The third-order valence-corrected chi connectivity index (χ3v) is 4.12. The molecule has 1 aliphatic rings. The molecule has 0 aromatic heterocycles. The molecule has 1 aliphatic heterocycles. The average molecular weight is 293 g/mol. The van der Waals surface area contributed by atoms with E-state index in [1.807, 2.05) is 6.92 Å². The number of amidine groups is 1. The summed E-state index contributed by atoms with van der Waals surface area (Å²) in [7, 11) is 0. The van der Waals surface area contributed by atoms with Crippen LogP contribution in [0.15, 0.2) is 17.1 Å². The average Bonchev–Trinajstić information content (AvgIpc) is 2.93. The Labute approximate surface area is 131 Å². The van der Waals surface area contributed by atoms with Gasteiger partial charge in [-0.3, -0.25) is 4.99 Å². The van der Waals surface area contributed by atoms with Crippen molar-refractivity contribution in [1.82, 2.24) is 4.90 Å². The number of hydrogen-bond donors (Lipinski definition) is 1. The molecule has 122 valence electrons. The summed E-state index contributed by atoms with van der Waals surface area (Å²) in [4.78, 5) is 6.81. The fourth-order valence-corrected chi connectivity index (χ4v) is 2.81. The van der Waals surface area contributed by atoms with Gasteiger partial charge in [0.1, 0.15) is 5.84 Å². The highest BCUT2D eigenvalue weighted by atomic mass is 15.3. The molecule has 0 aliphatic carbocycles. The van der Waals surface area contributed by atoms with Crippen molar-refractivity contribution >= 4 is 5.84 Å². The summed E-state index contributed by atoms with van der Waals surface area (Å²) in [6, 6.07) is 0. The van der Waals surface area contributed by atoms with Gasteiger partial charge < -0.3 is 10.6 Å². The molecule has 0 spiro atoms. The van der Waals surface area contributed by atoms with Crippen LogP contribution in [0.25, 0.3) is 0 Å². The molecule has 0 bridgehead atoms. The summed E-state index contributed by atoms with van der Waals surface area (Å²) in [6.45, 7) is 6.24. The summed E-state index contributed by atoms with van der Waals surface area (Å²) in [6.07, 6.45) is 17.8. The molecule has 2 N–H and O–H groups in total. The van der Waals surface area contributed by atoms with Crippen LogP contribution in [0.4, 0.5) is 0 Å². The summed E-state index contributed by atoms with van der Waals surface area (Å²) in [5, 5.41) is 0. The van der Waals surface area contributed by atoms with Crippen molar-refractivity contribution in [3.63, 3.8) is 0 Å². The Morgan fingerprint density at radius 1 is 1.10 bits per heavy atom. The zero-order chi connectivity index (χ0) is 15.3. The molecule has 0 saturated heterocycles. The van der Waals surface area contributed by atoms with Crippen LogP contribution in [0.1, 0.15) is 78.1 Å². The van der Waals surface area contributed by atoms with Crippen LogP contribution >= 0.6 is 0 Å². The number of nitrogens with two attached hydrogens (primary N) is 1. The first-order valence-corrected chi connectivity index (χ1v) is 8.96. The summed E-state index contributed by atoms with van der Waals surface area (Å²) in [5.41, 5.74) is 5.95. The van der Waals surface area contributed by atoms with E-state index in [9.17, 15) is 0 Å². The SMILES string of the molecule is CCCCCCC/C=C/CCCCC1=NCCN1C(C)N. The van der Waals surface area contributed by atoms with Crippen LogP contribution < -0.4 is 5.73 Å². The molecule has 0 amide bonds. The maximum Gasteiger partial charge on any atom is 0.100 e. The van der Waals surface area contributed by atoms with Crippen LogP contribution in [0.3, 0.4) is 0 Å². The lowest BCUT2D eigenvalue weighted by atomic mass is 10.1. The van der Waals surface area contributed by atoms with Crippen molar-refractivity contribution in [3.8, 4) is 0 Å². The molecule has 0 fully saturated rings. The van der Waals surface area contributed by atoms with Gasteiger partial charge in [0.05, 0.1) is 12.7 Å². The van der Waals surface area contributed by atoms with Crippen LogP contribution in [0.2, 0.25) is 0 Å². The van der Waals surface area contributed by atoms with Gasteiger partial charge in [-0.2, -0.15) is 0 Å². The minimum absolute atomic E-state index is 0.110. The monoisotopic (exact) mass is 293 g/mol. The van der Waals surface area contributed by atoms with Gasteiger partial charge in [-0.25, -0.2) is 0 Å². The highest BCUT2D eigenvalue weighted by molar-refractivity contribution is 5.83. The van der Waals surface area contributed by atoms with Gasteiger partial charge in [-0.15, -0.1) is 0 Å². The first-order chi connectivity index (χ1) is 10.3. The first kappa shape index (κ1) is 18.2. The van der Waals surface area contributed by atoms with Crippen LogP contribution in [-0.2, 0) is 0 Å². The number of hydrogen-bond acceptors (Lipinski definition) is 3. The van der Waals surface area contributed by atoms with Crippen LogP contribution in [-0.4, -0.2) is 30.0 Å². The largest absolute Gasteiger partial charge is 0.343 e. The standard InChI is InChI=1S/C18H35N3/c1-3-4-5-6-7-8-9-10-11-12-13-14-18-20-15-16-21(18)17(2)19/h9-10,17H,3-8,11-16,19H2,1-2H3/b10-9+. The number of allylic oxidation sites excluding steroid dienone is 2. The third-order valence-electron chi connectivity index (χ3n) is 4.12. The van der Waals surface area contributed by atoms with E-state index in [0.29, 0.717) is 0 Å². The van der Waals surface area contributed by atoms with Crippen molar-refractivity contribution in [3.05, 3.63) is 12.2 Å². The molecular weight excluding hydrogens is 258 g/mol. The number of nitrogens with zero attached hydrogens (tertiary/aromatic N) is 2. The molecule has 3 heteroatoms. The van der Waals surface area contributed by atoms with Gasteiger partial charge in [0.25, 0.3) is 0 Å². The molecule has 0 radical (unpaired) electrons. The maximum absolute atomic E-state index is 5.95. The van der Waals surface area contributed by atoms with Crippen LogP contribution in [0.5, 0.6) is 0 Å². The smallest absolute Gasteiger partial charge is 0.100 e. The van der Waals surface area contributed by atoms with Gasteiger partial charge in [0, 0.05) is 13.0 Å². The van der Waals surface area contributed by atoms with E-state index >= 15 is 0 Å². The van der Waals surface area contributed by atoms with Gasteiger partial charge in [-0.1, -0.05) is 44.8 Å². The lowest BCUT2D eigenvalue weighted by Crippen LogP contribution is -2.41. The fourth-order valence-electron chi connectivity index (χ4n) is 2.81. The topological polar surface area (TPSA) is 41.6 Å². The molecule has 0 aromatic rings.